The van der Waals surface area contributed by atoms with Crippen molar-refractivity contribution in [2.45, 2.75) is 64.0 Å². The molecule has 0 aromatic heterocycles. The Morgan fingerprint density at radius 3 is 2.42 bits per heavy atom. The van der Waals surface area contributed by atoms with Crippen molar-refractivity contribution in [1.29, 1.82) is 5.26 Å². The molecule has 1 aliphatic heterocycles. The predicted molar refractivity (Wildman–Crippen MR) is 168 cm³/mol. The van der Waals surface area contributed by atoms with Gasteiger partial charge in [0.15, 0.2) is 5.78 Å². The lowest BCUT2D eigenvalue weighted by Crippen LogP contribution is -2.42. The Balaban J connectivity index is 1.68. The molecule has 0 amide bonds. The molecule has 1 unspecified atom stereocenters. The van der Waals surface area contributed by atoms with Crippen LogP contribution >= 0.6 is 27.7 Å². The Kier molecular flexibility index (Phi) is 7.74. The molecule has 2 N–H and O–H groups in total. The van der Waals surface area contributed by atoms with Gasteiger partial charge in [0.25, 0.3) is 0 Å². The van der Waals surface area contributed by atoms with Crippen molar-refractivity contribution in [3.8, 4) is 6.07 Å². The average molecular weight is 613 g/mol. The van der Waals surface area contributed by atoms with Crippen LogP contribution in [0.2, 0.25) is 0 Å². The van der Waals surface area contributed by atoms with Crippen molar-refractivity contribution in [2.75, 3.05) is 4.90 Å². The van der Waals surface area contributed by atoms with Crippen LogP contribution in [-0.2, 0) is 10.5 Å². The number of carbonyl (C=O) groups excluding carboxylic acids is 1. The molecule has 6 heteroatoms. The first-order valence-corrected chi connectivity index (χ1v) is 15.3. The number of ketones is 1. The van der Waals surface area contributed by atoms with Crippen LogP contribution in [0.3, 0.4) is 0 Å². The lowest BCUT2D eigenvalue weighted by molar-refractivity contribution is -0.118. The molecule has 1 aliphatic carbocycles. The second-order valence-electron chi connectivity index (χ2n) is 11.6. The Bertz CT molecular complexity index is 1630. The van der Waals surface area contributed by atoms with E-state index in [-0.39, 0.29) is 11.2 Å². The Morgan fingerprint density at radius 1 is 1.02 bits per heavy atom. The molecular formula is C34H34BrN3OS. The Labute approximate surface area is 250 Å². The summed E-state index contributed by atoms with van der Waals surface area (Å²) in [5.74, 6) is 0.780. The first-order valence-electron chi connectivity index (χ1n) is 13.5. The molecule has 0 spiro atoms. The van der Waals surface area contributed by atoms with E-state index in [1.54, 1.807) is 0 Å². The molecule has 0 saturated heterocycles. The summed E-state index contributed by atoms with van der Waals surface area (Å²) in [5.41, 5.74) is 15.2. The number of aryl methyl sites for hydroxylation is 3. The summed E-state index contributed by atoms with van der Waals surface area (Å²) in [7, 11) is 0. The van der Waals surface area contributed by atoms with E-state index in [0.717, 1.165) is 32.7 Å². The molecule has 4 nitrogen and oxygen atoms in total. The number of thioether (sulfide) groups is 1. The minimum absolute atomic E-state index is 0.0874. The zero-order valence-electron chi connectivity index (χ0n) is 23.6. The van der Waals surface area contributed by atoms with Crippen molar-refractivity contribution in [3.05, 3.63) is 116 Å². The van der Waals surface area contributed by atoms with E-state index in [1.807, 2.05) is 40.9 Å². The molecule has 0 bridgehead atoms. The largest absolute Gasteiger partial charge is 0.384 e. The Hall–Kier alpha value is -3.27. The van der Waals surface area contributed by atoms with Crippen LogP contribution in [0.4, 0.5) is 5.69 Å². The fourth-order valence-electron chi connectivity index (χ4n) is 5.98. The molecule has 1 atom stereocenters. The highest BCUT2D eigenvalue weighted by Crippen LogP contribution is 2.51. The predicted octanol–water partition coefficient (Wildman–Crippen LogP) is 8.61. The molecule has 0 saturated carbocycles. The fraction of sp³-hybridized carbons (Fsp3) is 0.294. The van der Waals surface area contributed by atoms with Gasteiger partial charge in [0, 0.05) is 32.8 Å². The van der Waals surface area contributed by atoms with Gasteiger partial charge in [-0.3, -0.25) is 9.69 Å². The molecule has 3 aromatic rings. The van der Waals surface area contributed by atoms with Gasteiger partial charge in [-0.1, -0.05) is 56.3 Å². The molecule has 204 valence electrons. The number of Topliss-reactive ketones (excluding diaryl/α,β-unsaturated/α-hetero) is 1. The lowest BCUT2D eigenvalue weighted by atomic mass is 9.68. The van der Waals surface area contributed by atoms with Crippen molar-refractivity contribution >= 4 is 39.2 Å². The summed E-state index contributed by atoms with van der Waals surface area (Å²) in [6.07, 6.45) is 1.12. The van der Waals surface area contributed by atoms with Crippen molar-refractivity contribution in [1.82, 2.24) is 0 Å². The van der Waals surface area contributed by atoms with Gasteiger partial charge in [0.05, 0.1) is 23.2 Å². The minimum atomic E-state index is -0.495. The summed E-state index contributed by atoms with van der Waals surface area (Å²) in [4.78, 5) is 17.2. The maximum absolute atomic E-state index is 14.0. The van der Waals surface area contributed by atoms with Gasteiger partial charge in [0.1, 0.15) is 5.82 Å². The first-order chi connectivity index (χ1) is 19.0. The monoisotopic (exact) mass is 611 g/mol. The van der Waals surface area contributed by atoms with Crippen LogP contribution in [0.5, 0.6) is 0 Å². The van der Waals surface area contributed by atoms with Gasteiger partial charge in [-0.25, -0.2) is 0 Å². The number of halogens is 1. The maximum Gasteiger partial charge on any atom is 0.162 e. The van der Waals surface area contributed by atoms with Crippen LogP contribution in [0.1, 0.15) is 60.4 Å². The zero-order chi connectivity index (χ0) is 28.8. The first kappa shape index (κ1) is 28.3. The van der Waals surface area contributed by atoms with Crippen molar-refractivity contribution in [3.63, 3.8) is 0 Å². The SMILES string of the molecule is Cc1cc(C)c(C2C(C#N)=C(N)N(c3ccccc3Br)C3=C2C(=O)CC(C)(C)C3)cc1CSc1ccccc1C. The maximum atomic E-state index is 14.0. The number of nitrogens with zero attached hydrogens (tertiary/aromatic N) is 2. The number of carbonyl (C=O) groups is 1. The summed E-state index contributed by atoms with van der Waals surface area (Å²) in [6.45, 7) is 10.6. The normalized spacial score (nSPS) is 18.6. The number of hydrogen-bond acceptors (Lipinski definition) is 5. The molecule has 5 rings (SSSR count). The second-order valence-corrected chi connectivity index (χ2v) is 13.5. The third-order valence-electron chi connectivity index (χ3n) is 7.99. The standard InChI is InChI=1S/C34H34BrN3OS/c1-20-10-6-9-13-30(20)40-19-23-15-24(22(3)14-21(23)2)31-25(18-36)33(37)38(27-12-8-7-11-26(27)35)28-16-34(4,5)17-29(39)32(28)31/h6-15,31H,16-17,19,37H2,1-5H3. The highest BCUT2D eigenvalue weighted by atomic mass is 79.9. The number of allylic oxidation sites excluding steroid dienone is 3. The third-order valence-corrected chi connectivity index (χ3v) is 9.88. The van der Waals surface area contributed by atoms with Crippen LogP contribution in [0.25, 0.3) is 0 Å². The number of hydrogen-bond donors (Lipinski definition) is 1. The van der Waals surface area contributed by atoms with Gasteiger partial charge in [-0.15, -0.1) is 11.8 Å². The molecular weight excluding hydrogens is 578 g/mol. The molecule has 2 aliphatic rings. The van der Waals surface area contributed by atoms with Crippen molar-refractivity contribution in [2.24, 2.45) is 11.1 Å². The number of benzene rings is 3. The van der Waals surface area contributed by atoms with Crippen molar-refractivity contribution < 1.29 is 4.79 Å². The second kappa shape index (κ2) is 11.0. The van der Waals surface area contributed by atoms with Gasteiger partial charge in [-0.05, 0) is 94.6 Å². The van der Waals surface area contributed by atoms with Gasteiger partial charge >= 0.3 is 0 Å². The third kappa shape index (κ3) is 5.13. The minimum Gasteiger partial charge on any atom is -0.384 e. The molecule has 40 heavy (non-hydrogen) atoms. The van der Waals surface area contributed by atoms with Crippen LogP contribution in [-0.4, -0.2) is 5.78 Å². The van der Waals surface area contributed by atoms with E-state index in [2.05, 4.69) is 93.0 Å². The van der Waals surface area contributed by atoms with Gasteiger partial charge in [0.2, 0.25) is 0 Å². The number of para-hydroxylation sites is 1. The highest BCUT2D eigenvalue weighted by Gasteiger charge is 2.45. The van der Waals surface area contributed by atoms with E-state index >= 15 is 0 Å². The number of nitriles is 1. The van der Waals surface area contributed by atoms with E-state index in [4.69, 9.17) is 5.73 Å². The van der Waals surface area contributed by atoms with Gasteiger partial charge < -0.3 is 5.73 Å². The van der Waals surface area contributed by atoms with Crippen LogP contribution in [0, 0.1) is 37.5 Å². The molecule has 0 radical (unpaired) electrons. The number of nitrogens with two attached hydrogens (primary N) is 1. The van der Waals surface area contributed by atoms with E-state index in [9.17, 15) is 10.1 Å². The number of anilines is 1. The number of rotatable bonds is 5. The van der Waals surface area contributed by atoms with Crippen LogP contribution in [0.15, 0.2) is 92.7 Å². The topological polar surface area (TPSA) is 70.1 Å². The summed E-state index contributed by atoms with van der Waals surface area (Å²) in [5, 5.41) is 10.5. The quantitative estimate of drug-likeness (QED) is 0.292. The fourth-order valence-corrected chi connectivity index (χ4v) is 7.54. The molecule has 0 fully saturated rings. The Morgan fingerprint density at radius 2 is 1.73 bits per heavy atom. The highest BCUT2D eigenvalue weighted by molar-refractivity contribution is 9.10. The lowest BCUT2D eigenvalue weighted by Gasteiger charge is -2.44. The average Bonchev–Trinajstić information content (AvgIpc) is 2.89. The zero-order valence-corrected chi connectivity index (χ0v) is 26.0. The summed E-state index contributed by atoms with van der Waals surface area (Å²) in [6, 6.07) is 23.1. The van der Waals surface area contributed by atoms with E-state index < -0.39 is 5.92 Å². The van der Waals surface area contributed by atoms with E-state index in [0.29, 0.717) is 29.8 Å². The van der Waals surface area contributed by atoms with Gasteiger partial charge in [-0.2, -0.15) is 5.26 Å². The summed E-state index contributed by atoms with van der Waals surface area (Å²) < 4.78 is 0.860. The van der Waals surface area contributed by atoms with Crippen LogP contribution < -0.4 is 10.6 Å². The smallest absolute Gasteiger partial charge is 0.162 e. The van der Waals surface area contributed by atoms with E-state index in [1.165, 1.54) is 21.6 Å². The summed E-state index contributed by atoms with van der Waals surface area (Å²) >= 11 is 5.49. The molecule has 1 heterocycles. The molecule has 3 aromatic carbocycles.